The molecule has 0 saturated heterocycles. The van der Waals surface area contributed by atoms with Crippen molar-refractivity contribution in [3.63, 3.8) is 0 Å². The quantitative estimate of drug-likeness (QED) is 0.487. The number of rotatable bonds is 4. The molecule has 0 aromatic heterocycles. The molecule has 0 aliphatic heterocycles. The third-order valence-corrected chi connectivity index (χ3v) is 2.08. The molecule has 0 spiro atoms. The molecule has 0 saturated carbocycles. The number of hydrogen-bond acceptors (Lipinski definition) is 2. The number of aliphatic imine (C=N–C) groups is 1. The van der Waals surface area contributed by atoms with Gasteiger partial charge in [0, 0.05) is 12.7 Å². The number of halogens is 2. The van der Waals surface area contributed by atoms with E-state index in [0.29, 0.717) is 24.6 Å². The van der Waals surface area contributed by atoms with Gasteiger partial charge in [-0.05, 0) is 18.2 Å². The molecule has 0 aliphatic carbocycles. The first-order chi connectivity index (χ1) is 7.15. The molecule has 0 bridgehead atoms. The first-order valence-corrected chi connectivity index (χ1v) is 4.77. The van der Waals surface area contributed by atoms with Gasteiger partial charge in [-0.1, -0.05) is 11.6 Å². The number of nitrogens with zero attached hydrogens (tertiary/aromatic N) is 1. The average molecular weight is 231 g/mol. The maximum absolute atomic E-state index is 12.8. The zero-order valence-corrected chi connectivity index (χ0v) is 9.09. The number of nitrogens with two attached hydrogens (primary N) is 1. The van der Waals surface area contributed by atoms with Gasteiger partial charge in [0.15, 0.2) is 0 Å². The lowest BCUT2D eigenvalue weighted by Crippen LogP contribution is -2.15. The fourth-order valence-corrected chi connectivity index (χ4v) is 1.18. The second-order valence-electron chi connectivity index (χ2n) is 2.89. The highest BCUT2D eigenvalue weighted by Gasteiger charge is 2.03. The molecule has 5 heteroatoms. The lowest BCUT2D eigenvalue weighted by atomic mass is 10.2. The van der Waals surface area contributed by atoms with Crippen LogP contribution in [0.15, 0.2) is 23.2 Å². The van der Waals surface area contributed by atoms with Crippen molar-refractivity contribution >= 4 is 17.4 Å². The Kier molecular flexibility index (Phi) is 4.52. The molecule has 0 aliphatic rings. The summed E-state index contributed by atoms with van der Waals surface area (Å²) in [4.78, 5) is 4.04. The maximum atomic E-state index is 12.8. The van der Waals surface area contributed by atoms with Crippen LogP contribution in [0, 0.1) is 5.82 Å². The Morgan fingerprint density at radius 2 is 2.33 bits per heavy atom. The minimum absolute atomic E-state index is 0.0393. The molecule has 0 fully saturated rings. The van der Waals surface area contributed by atoms with Crippen LogP contribution in [0.25, 0.3) is 0 Å². The van der Waals surface area contributed by atoms with E-state index in [-0.39, 0.29) is 5.02 Å². The zero-order valence-electron chi connectivity index (χ0n) is 8.34. The number of hydrogen-bond donors (Lipinski definition) is 1. The Labute approximate surface area is 92.7 Å². The summed E-state index contributed by atoms with van der Waals surface area (Å²) < 4.78 is 17.7. The summed E-state index contributed by atoms with van der Waals surface area (Å²) in [6.07, 6.45) is 0. The van der Waals surface area contributed by atoms with Crippen molar-refractivity contribution in [2.24, 2.45) is 10.7 Å². The Hall–Kier alpha value is -1.13. The third kappa shape index (κ3) is 3.49. The normalized spacial score (nSPS) is 11.8. The molecule has 2 N–H and O–H groups in total. The van der Waals surface area contributed by atoms with Crippen LogP contribution in [-0.2, 0) is 4.74 Å². The van der Waals surface area contributed by atoms with Crippen LogP contribution < -0.4 is 5.73 Å². The number of methoxy groups -OCH3 is 1. The summed E-state index contributed by atoms with van der Waals surface area (Å²) in [5.41, 5.74) is 6.28. The fraction of sp³-hybridized carbons (Fsp3) is 0.300. The summed E-state index contributed by atoms with van der Waals surface area (Å²) in [6.45, 7) is 0.965. The second kappa shape index (κ2) is 5.68. The molecule has 3 nitrogen and oxygen atoms in total. The number of ether oxygens (including phenoxy) is 1. The van der Waals surface area contributed by atoms with Crippen molar-refractivity contribution in [3.8, 4) is 0 Å². The Morgan fingerprint density at radius 3 is 2.93 bits per heavy atom. The van der Waals surface area contributed by atoms with Gasteiger partial charge in [-0.2, -0.15) is 0 Å². The Bertz CT molecular complexity index is 368. The lowest BCUT2D eigenvalue weighted by molar-refractivity contribution is 0.208. The van der Waals surface area contributed by atoms with E-state index >= 15 is 0 Å². The second-order valence-corrected chi connectivity index (χ2v) is 3.30. The van der Waals surface area contributed by atoms with E-state index in [2.05, 4.69) is 4.99 Å². The molecule has 1 rings (SSSR count). The van der Waals surface area contributed by atoms with Gasteiger partial charge < -0.3 is 10.5 Å². The summed E-state index contributed by atoms with van der Waals surface area (Å²) >= 11 is 5.61. The molecule has 1 aromatic carbocycles. The minimum atomic E-state index is -0.467. The van der Waals surface area contributed by atoms with Gasteiger partial charge in [0.25, 0.3) is 0 Å². The molecular formula is C10H12ClFN2O. The van der Waals surface area contributed by atoms with Gasteiger partial charge in [-0.15, -0.1) is 0 Å². The number of benzene rings is 1. The maximum Gasteiger partial charge on any atom is 0.141 e. The zero-order chi connectivity index (χ0) is 11.3. The van der Waals surface area contributed by atoms with Crippen molar-refractivity contribution < 1.29 is 9.13 Å². The van der Waals surface area contributed by atoms with E-state index in [1.165, 1.54) is 18.2 Å². The van der Waals surface area contributed by atoms with E-state index in [0.717, 1.165) is 0 Å². The van der Waals surface area contributed by atoms with Crippen LogP contribution >= 0.6 is 11.6 Å². The van der Waals surface area contributed by atoms with Gasteiger partial charge in [0.2, 0.25) is 0 Å². The highest BCUT2D eigenvalue weighted by Crippen LogP contribution is 2.15. The molecule has 15 heavy (non-hydrogen) atoms. The monoisotopic (exact) mass is 230 g/mol. The lowest BCUT2D eigenvalue weighted by Gasteiger charge is -2.02. The smallest absolute Gasteiger partial charge is 0.141 e. The molecule has 0 atom stereocenters. The third-order valence-electron chi connectivity index (χ3n) is 1.79. The van der Waals surface area contributed by atoms with E-state index in [4.69, 9.17) is 22.1 Å². The number of amidine groups is 1. The van der Waals surface area contributed by atoms with Crippen molar-refractivity contribution in [1.29, 1.82) is 0 Å². The minimum Gasteiger partial charge on any atom is -0.384 e. The van der Waals surface area contributed by atoms with Gasteiger partial charge in [0.1, 0.15) is 11.7 Å². The van der Waals surface area contributed by atoms with Gasteiger partial charge in [-0.3, -0.25) is 4.99 Å². The summed E-state index contributed by atoms with van der Waals surface area (Å²) in [5.74, 6) is -0.140. The standard InChI is InChI=1S/C10H12ClFN2O/c1-15-5-4-14-10(13)7-2-3-9(12)8(11)6-7/h2-3,6H,4-5H2,1H3,(H2,13,14). The van der Waals surface area contributed by atoms with Crippen LogP contribution in [0.3, 0.4) is 0 Å². The fourth-order valence-electron chi connectivity index (χ4n) is 1.00. The van der Waals surface area contributed by atoms with Crippen LogP contribution in [0.5, 0.6) is 0 Å². The Balaban J connectivity index is 2.77. The summed E-state index contributed by atoms with van der Waals surface area (Å²) in [7, 11) is 1.58. The van der Waals surface area contributed by atoms with E-state index in [1.54, 1.807) is 7.11 Å². The largest absolute Gasteiger partial charge is 0.384 e. The summed E-state index contributed by atoms with van der Waals surface area (Å²) in [5, 5.41) is 0.0393. The molecule has 1 aromatic rings. The molecule has 0 heterocycles. The topological polar surface area (TPSA) is 47.6 Å². The highest BCUT2D eigenvalue weighted by atomic mass is 35.5. The van der Waals surface area contributed by atoms with Crippen LogP contribution in [0.2, 0.25) is 5.02 Å². The first kappa shape index (κ1) is 11.9. The van der Waals surface area contributed by atoms with Gasteiger partial charge in [0.05, 0.1) is 18.2 Å². The van der Waals surface area contributed by atoms with Crippen molar-refractivity contribution in [2.75, 3.05) is 20.3 Å². The predicted octanol–water partition coefficient (Wildman–Crippen LogP) is 1.83. The predicted molar refractivity (Wildman–Crippen MR) is 58.9 cm³/mol. The molecule has 0 unspecified atom stereocenters. The van der Waals surface area contributed by atoms with Crippen LogP contribution in [-0.4, -0.2) is 26.1 Å². The molecule has 0 amide bonds. The highest BCUT2D eigenvalue weighted by molar-refractivity contribution is 6.31. The molecular weight excluding hydrogens is 219 g/mol. The van der Waals surface area contributed by atoms with E-state index in [1.807, 2.05) is 0 Å². The van der Waals surface area contributed by atoms with Crippen molar-refractivity contribution in [1.82, 2.24) is 0 Å². The van der Waals surface area contributed by atoms with E-state index in [9.17, 15) is 4.39 Å². The first-order valence-electron chi connectivity index (χ1n) is 4.39. The van der Waals surface area contributed by atoms with Gasteiger partial charge >= 0.3 is 0 Å². The van der Waals surface area contributed by atoms with Crippen molar-refractivity contribution in [3.05, 3.63) is 34.6 Å². The molecule has 0 radical (unpaired) electrons. The Morgan fingerprint density at radius 1 is 1.60 bits per heavy atom. The van der Waals surface area contributed by atoms with E-state index < -0.39 is 5.82 Å². The summed E-state index contributed by atoms with van der Waals surface area (Å²) in [6, 6.07) is 4.24. The molecule has 82 valence electrons. The van der Waals surface area contributed by atoms with Gasteiger partial charge in [-0.25, -0.2) is 4.39 Å². The van der Waals surface area contributed by atoms with Crippen LogP contribution in [0.1, 0.15) is 5.56 Å². The SMILES string of the molecule is COCCN=C(N)c1ccc(F)c(Cl)c1. The average Bonchev–Trinajstić information content (AvgIpc) is 2.22. The van der Waals surface area contributed by atoms with Crippen LogP contribution in [0.4, 0.5) is 4.39 Å². The van der Waals surface area contributed by atoms with Crippen molar-refractivity contribution in [2.45, 2.75) is 0 Å².